The molecule has 0 heterocycles. The highest BCUT2D eigenvalue weighted by atomic mass is 16.3. The Hall–Kier alpha value is -0.120. The summed E-state index contributed by atoms with van der Waals surface area (Å²) in [5.41, 5.74) is 6.01. The van der Waals surface area contributed by atoms with Crippen molar-refractivity contribution in [2.75, 3.05) is 6.61 Å². The molecular weight excluding hydrogens is 200 g/mol. The zero-order chi connectivity index (χ0) is 11.4. The third-order valence-electron chi connectivity index (χ3n) is 4.31. The van der Waals surface area contributed by atoms with Gasteiger partial charge in [-0.05, 0) is 38.0 Å². The Labute approximate surface area is 98.8 Å². The molecule has 0 bridgehead atoms. The summed E-state index contributed by atoms with van der Waals surface area (Å²) in [6.45, 7) is 0.344. The molecule has 0 aliphatic heterocycles. The first-order valence-electron chi connectivity index (χ1n) is 6.92. The van der Waals surface area contributed by atoms with Crippen molar-refractivity contribution in [2.45, 2.75) is 69.5 Å². The van der Waals surface area contributed by atoms with Gasteiger partial charge in [0.1, 0.15) is 0 Å². The summed E-state index contributed by atoms with van der Waals surface area (Å²) < 4.78 is 0. The fourth-order valence-electron chi connectivity index (χ4n) is 3.33. The van der Waals surface area contributed by atoms with E-state index in [1.807, 2.05) is 0 Å². The second-order valence-electron chi connectivity index (χ2n) is 5.62. The SMILES string of the molecule is NC1CCCC(NC2CCCCC2CO)C1. The maximum atomic E-state index is 9.38. The summed E-state index contributed by atoms with van der Waals surface area (Å²) in [5, 5.41) is 13.1. The second-order valence-corrected chi connectivity index (χ2v) is 5.62. The molecule has 3 heteroatoms. The highest BCUT2D eigenvalue weighted by Crippen LogP contribution is 2.26. The summed E-state index contributed by atoms with van der Waals surface area (Å²) in [6.07, 6.45) is 9.85. The van der Waals surface area contributed by atoms with E-state index in [0.717, 1.165) is 6.42 Å². The molecule has 0 radical (unpaired) electrons. The van der Waals surface area contributed by atoms with Gasteiger partial charge in [0.05, 0.1) is 0 Å². The van der Waals surface area contributed by atoms with E-state index in [9.17, 15) is 5.11 Å². The zero-order valence-electron chi connectivity index (χ0n) is 10.2. The Morgan fingerprint density at radius 2 is 1.88 bits per heavy atom. The Morgan fingerprint density at radius 3 is 2.62 bits per heavy atom. The molecule has 4 N–H and O–H groups in total. The normalized spacial score (nSPS) is 40.9. The van der Waals surface area contributed by atoms with Crippen LogP contribution in [0.25, 0.3) is 0 Å². The minimum atomic E-state index is 0.344. The highest BCUT2D eigenvalue weighted by Gasteiger charge is 2.28. The third kappa shape index (κ3) is 3.19. The van der Waals surface area contributed by atoms with Crippen LogP contribution < -0.4 is 11.1 Å². The second kappa shape index (κ2) is 5.99. The Bertz CT molecular complexity index is 210. The molecule has 2 aliphatic rings. The topological polar surface area (TPSA) is 58.3 Å². The number of nitrogens with two attached hydrogens (primary N) is 1. The molecule has 16 heavy (non-hydrogen) atoms. The zero-order valence-corrected chi connectivity index (χ0v) is 10.2. The molecule has 2 saturated carbocycles. The van der Waals surface area contributed by atoms with E-state index in [2.05, 4.69) is 5.32 Å². The average Bonchev–Trinajstić information content (AvgIpc) is 2.30. The first kappa shape index (κ1) is 12.3. The van der Waals surface area contributed by atoms with Crippen molar-refractivity contribution >= 4 is 0 Å². The monoisotopic (exact) mass is 226 g/mol. The smallest absolute Gasteiger partial charge is 0.0474 e. The molecule has 0 spiro atoms. The van der Waals surface area contributed by atoms with E-state index in [1.54, 1.807) is 0 Å². The summed E-state index contributed by atoms with van der Waals surface area (Å²) in [6, 6.07) is 1.53. The molecule has 0 amide bonds. The van der Waals surface area contributed by atoms with Crippen molar-refractivity contribution in [1.29, 1.82) is 0 Å². The number of hydrogen-bond donors (Lipinski definition) is 3. The molecule has 94 valence electrons. The number of nitrogens with one attached hydrogen (secondary N) is 1. The first-order valence-corrected chi connectivity index (χ1v) is 6.92. The van der Waals surface area contributed by atoms with Crippen molar-refractivity contribution in [3.63, 3.8) is 0 Å². The summed E-state index contributed by atoms with van der Waals surface area (Å²) in [7, 11) is 0. The fourth-order valence-corrected chi connectivity index (χ4v) is 3.33. The molecule has 4 unspecified atom stereocenters. The quantitative estimate of drug-likeness (QED) is 0.682. The van der Waals surface area contributed by atoms with Gasteiger partial charge < -0.3 is 16.2 Å². The Kier molecular flexibility index (Phi) is 4.62. The van der Waals surface area contributed by atoms with E-state index < -0.39 is 0 Å². The number of aliphatic hydroxyl groups excluding tert-OH is 1. The lowest BCUT2D eigenvalue weighted by Crippen LogP contribution is -2.48. The highest BCUT2D eigenvalue weighted by molar-refractivity contribution is 4.87. The van der Waals surface area contributed by atoms with Crippen LogP contribution in [0.1, 0.15) is 51.4 Å². The minimum Gasteiger partial charge on any atom is -0.396 e. The van der Waals surface area contributed by atoms with Crippen molar-refractivity contribution in [3.05, 3.63) is 0 Å². The van der Waals surface area contributed by atoms with Crippen molar-refractivity contribution in [2.24, 2.45) is 11.7 Å². The average molecular weight is 226 g/mol. The van der Waals surface area contributed by atoms with Gasteiger partial charge in [0, 0.05) is 24.7 Å². The van der Waals surface area contributed by atoms with Gasteiger partial charge in [0.15, 0.2) is 0 Å². The Morgan fingerprint density at radius 1 is 1.06 bits per heavy atom. The van der Waals surface area contributed by atoms with E-state index in [4.69, 9.17) is 5.73 Å². The first-order chi connectivity index (χ1) is 7.79. The van der Waals surface area contributed by atoms with Gasteiger partial charge >= 0.3 is 0 Å². The van der Waals surface area contributed by atoms with Crippen LogP contribution in [0.3, 0.4) is 0 Å². The molecule has 0 saturated heterocycles. The molecule has 0 aromatic carbocycles. The largest absolute Gasteiger partial charge is 0.396 e. The molecule has 2 aliphatic carbocycles. The van der Waals surface area contributed by atoms with Crippen LogP contribution in [-0.4, -0.2) is 29.8 Å². The Balaban J connectivity index is 1.82. The van der Waals surface area contributed by atoms with Crippen LogP contribution in [0.2, 0.25) is 0 Å². The van der Waals surface area contributed by atoms with Gasteiger partial charge in [-0.1, -0.05) is 19.3 Å². The summed E-state index contributed by atoms with van der Waals surface area (Å²) in [4.78, 5) is 0. The van der Waals surface area contributed by atoms with Crippen LogP contribution in [-0.2, 0) is 0 Å². The lowest BCUT2D eigenvalue weighted by molar-refractivity contribution is 0.139. The number of aliphatic hydroxyl groups is 1. The van der Waals surface area contributed by atoms with Crippen LogP contribution in [0.4, 0.5) is 0 Å². The van der Waals surface area contributed by atoms with Crippen LogP contribution in [0, 0.1) is 5.92 Å². The predicted octanol–water partition coefficient (Wildman–Crippen LogP) is 1.40. The van der Waals surface area contributed by atoms with Gasteiger partial charge in [-0.2, -0.15) is 0 Å². The van der Waals surface area contributed by atoms with Crippen LogP contribution in [0.5, 0.6) is 0 Å². The molecule has 2 rings (SSSR count). The van der Waals surface area contributed by atoms with Gasteiger partial charge in [-0.3, -0.25) is 0 Å². The molecule has 2 fully saturated rings. The maximum Gasteiger partial charge on any atom is 0.0474 e. The lowest BCUT2D eigenvalue weighted by Gasteiger charge is -2.36. The fraction of sp³-hybridized carbons (Fsp3) is 1.00. The van der Waals surface area contributed by atoms with E-state index >= 15 is 0 Å². The summed E-state index contributed by atoms with van der Waals surface area (Å²) in [5.74, 6) is 0.479. The van der Waals surface area contributed by atoms with Crippen LogP contribution >= 0.6 is 0 Å². The van der Waals surface area contributed by atoms with Crippen molar-refractivity contribution in [3.8, 4) is 0 Å². The molecule has 3 nitrogen and oxygen atoms in total. The molecule has 0 aromatic rings. The van der Waals surface area contributed by atoms with E-state index in [0.29, 0.717) is 30.7 Å². The van der Waals surface area contributed by atoms with Gasteiger partial charge in [0.2, 0.25) is 0 Å². The summed E-state index contributed by atoms with van der Waals surface area (Å²) >= 11 is 0. The van der Waals surface area contributed by atoms with E-state index in [1.165, 1.54) is 44.9 Å². The number of hydrogen-bond acceptors (Lipinski definition) is 3. The minimum absolute atomic E-state index is 0.344. The maximum absolute atomic E-state index is 9.38. The lowest BCUT2D eigenvalue weighted by atomic mass is 9.83. The van der Waals surface area contributed by atoms with E-state index in [-0.39, 0.29) is 0 Å². The van der Waals surface area contributed by atoms with Gasteiger partial charge in [0.25, 0.3) is 0 Å². The molecular formula is C13H26N2O. The van der Waals surface area contributed by atoms with Crippen LogP contribution in [0.15, 0.2) is 0 Å². The van der Waals surface area contributed by atoms with Gasteiger partial charge in [-0.15, -0.1) is 0 Å². The van der Waals surface area contributed by atoms with Crippen molar-refractivity contribution < 1.29 is 5.11 Å². The third-order valence-corrected chi connectivity index (χ3v) is 4.31. The standard InChI is InChI=1S/C13H26N2O/c14-11-5-3-6-12(8-11)15-13-7-2-1-4-10(13)9-16/h10-13,15-16H,1-9,14H2. The molecule has 0 aromatic heterocycles. The van der Waals surface area contributed by atoms with Gasteiger partial charge in [-0.25, -0.2) is 0 Å². The number of rotatable bonds is 3. The van der Waals surface area contributed by atoms with Crippen molar-refractivity contribution in [1.82, 2.24) is 5.32 Å². The predicted molar refractivity (Wildman–Crippen MR) is 66.2 cm³/mol. The molecule has 4 atom stereocenters.